The van der Waals surface area contributed by atoms with E-state index in [1.54, 1.807) is 0 Å². The molecule has 1 unspecified atom stereocenters. The third-order valence-corrected chi connectivity index (χ3v) is 5.26. The Hall–Kier alpha value is -0.765. The van der Waals surface area contributed by atoms with Crippen molar-refractivity contribution < 1.29 is 9.31 Å². The molecule has 1 aliphatic carbocycles. The maximum Gasteiger partial charge on any atom is 0.490 e. The van der Waals surface area contributed by atoms with Crippen molar-refractivity contribution in [2.75, 3.05) is 0 Å². The zero-order valence-corrected chi connectivity index (χ0v) is 13.9. The number of halogens is 1. The van der Waals surface area contributed by atoms with E-state index >= 15 is 0 Å². The molecule has 0 radical (unpaired) electrons. The Bertz CT molecular complexity index is 564. The van der Waals surface area contributed by atoms with Crippen LogP contribution in [0.15, 0.2) is 35.8 Å². The summed E-state index contributed by atoms with van der Waals surface area (Å²) in [4.78, 5) is 0. The summed E-state index contributed by atoms with van der Waals surface area (Å²) in [5.74, 6) is 0.484. The average molecular weight is 305 g/mol. The van der Waals surface area contributed by atoms with Gasteiger partial charge in [-0.1, -0.05) is 29.8 Å². The summed E-state index contributed by atoms with van der Waals surface area (Å²) in [7, 11) is -0.209. The number of benzene rings is 1. The number of hydrogen-bond acceptors (Lipinski definition) is 2. The van der Waals surface area contributed by atoms with Gasteiger partial charge in [-0.3, -0.25) is 0 Å². The number of allylic oxidation sites excluding steroid dienone is 2. The fourth-order valence-electron chi connectivity index (χ4n) is 2.95. The zero-order chi connectivity index (χ0) is 15.3. The van der Waals surface area contributed by atoms with Gasteiger partial charge in [0.15, 0.2) is 0 Å². The van der Waals surface area contributed by atoms with Gasteiger partial charge < -0.3 is 9.31 Å². The SMILES string of the molecule is CC1(C)OB(C2=CCC(c3cccc(Cl)c3)C2)OC1(C)C. The molecule has 1 aromatic rings. The summed E-state index contributed by atoms with van der Waals surface area (Å²) in [6.07, 6.45) is 4.28. The summed E-state index contributed by atoms with van der Waals surface area (Å²) in [5, 5.41) is 0.802. The highest BCUT2D eigenvalue weighted by molar-refractivity contribution is 6.54. The quantitative estimate of drug-likeness (QED) is 0.732. The van der Waals surface area contributed by atoms with E-state index in [0.29, 0.717) is 5.92 Å². The maximum atomic E-state index is 6.14. The van der Waals surface area contributed by atoms with Crippen LogP contribution in [0.2, 0.25) is 5.02 Å². The minimum absolute atomic E-state index is 0.209. The normalized spacial score (nSPS) is 27.0. The highest BCUT2D eigenvalue weighted by atomic mass is 35.5. The van der Waals surface area contributed by atoms with Crippen molar-refractivity contribution >= 4 is 18.7 Å². The fourth-order valence-corrected chi connectivity index (χ4v) is 3.14. The van der Waals surface area contributed by atoms with Gasteiger partial charge in [-0.2, -0.15) is 0 Å². The van der Waals surface area contributed by atoms with E-state index in [4.69, 9.17) is 20.9 Å². The lowest BCUT2D eigenvalue weighted by Crippen LogP contribution is -2.41. The van der Waals surface area contributed by atoms with Crippen LogP contribution in [0.25, 0.3) is 0 Å². The van der Waals surface area contributed by atoms with Crippen LogP contribution in [-0.4, -0.2) is 18.3 Å². The monoisotopic (exact) mass is 304 g/mol. The second-order valence-corrected chi connectivity index (χ2v) is 7.50. The number of hydrogen-bond donors (Lipinski definition) is 0. The summed E-state index contributed by atoms with van der Waals surface area (Å²) in [6.45, 7) is 8.38. The summed E-state index contributed by atoms with van der Waals surface area (Å²) in [6, 6.07) is 8.15. The molecule has 0 spiro atoms. The first-order chi connectivity index (χ1) is 9.78. The Morgan fingerprint density at radius 3 is 2.43 bits per heavy atom. The molecule has 0 N–H and O–H groups in total. The average Bonchev–Trinajstić information content (AvgIpc) is 2.93. The van der Waals surface area contributed by atoms with Crippen molar-refractivity contribution in [2.24, 2.45) is 0 Å². The molecule has 1 atom stereocenters. The first-order valence-electron chi connectivity index (χ1n) is 7.58. The minimum atomic E-state index is -0.271. The van der Waals surface area contributed by atoms with Gasteiger partial charge >= 0.3 is 7.12 Å². The van der Waals surface area contributed by atoms with Crippen molar-refractivity contribution in [3.8, 4) is 0 Å². The first-order valence-corrected chi connectivity index (χ1v) is 7.96. The van der Waals surface area contributed by atoms with E-state index < -0.39 is 0 Å². The third-order valence-electron chi connectivity index (χ3n) is 5.02. The molecule has 1 saturated heterocycles. The largest absolute Gasteiger partial charge is 0.490 e. The Kier molecular flexibility index (Phi) is 3.71. The van der Waals surface area contributed by atoms with Crippen LogP contribution < -0.4 is 0 Å². The summed E-state index contributed by atoms with van der Waals surface area (Å²) < 4.78 is 12.3. The van der Waals surface area contributed by atoms with Gasteiger partial charge in [-0.05, 0) is 69.6 Å². The zero-order valence-electron chi connectivity index (χ0n) is 13.2. The van der Waals surface area contributed by atoms with Crippen LogP contribution >= 0.6 is 11.6 Å². The molecule has 1 aliphatic heterocycles. The molecule has 21 heavy (non-hydrogen) atoms. The van der Waals surface area contributed by atoms with Gasteiger partial charge in [0.1, 0.15) is 0 Å². The van der Waals surface area contributed by atoms with Crippen LogP contribution in [-0.2, 0) is 9.31 Å². The lowest BCUT2D eigenvalue weighted by molar-refractivity contribution is 0.00578. The molecule has 2 nitrogen and oxygen atoms in total. The van der Waals surface area contributed by atoms with Crippen LogP contribution in [0, 0.1) is 0 Å². The molecule has 3 rings (SSSR count). The molecule has 0 bridgehead atoms. The predicted octanol–water partition coefficient (Wildman–Crippen LogP) is 4.78. The second-order valence-electron chi connectivity index (χ2n) is 7.06. The van der Waals surface area contributed by atoms with E-state index in [0.717, 1.165) is 17.9 Å². The van der Waals surface area contributed by atoms with E-state index in [-0.39, 0.29) is 18.3 Å². The molecule has 2 aliphatic rings. The van der Waals surface area contributed by atoms with E-state index in [9.17, 15) is 0 Å². The molecule has 1 aromatic carbocycles. The predicted molar refractivity (Wildman–Crippen MR) is 87.6 cm³/mol. The summed E-state index contributed by atoms with van der Waals surface area (Å²) >= 11 is 6.10. The summed E-state index contributed by atoms with van der Waals surface area (Å²) in [5.41, 5.74) is 2.02. The van der Waals surface area contributed by atoms with Gasteiger partial charge in [0.05, 0.1) is 11.2 Å². The Morgan fingerprint density at radius 1 is 1.14 bits per heavy atom. The topological polar surface area (TPSA) is 18.5 Å². The van der Waals surface area contributed by atoms with Crippen LogP contribution in [0.3, 0.4) is 0 Å². The lowest BCUT2D eigenvalue weighted by Gasteiger charge is -2.32. The molecular formula is C17H22BClO2. The van der Waals surface area contributed by atoms with Crippen LogP contribution in [0.4, 0.5) is 0 Å². The van der Waals surface area contributed by atoms with Gasteiger partial charge in [0.2, 0.25) is 0 Å². The smallest absolute Gasteiger partial charge is 0.400 e. The van der Waals surface area contributed by atoms with E-state index in [1.807, 2.05) is 12.1 Å². The molecule has 0 amide bonds. The highest BCUT2D eigenvalue weighted by Crippen LogP contribution is 2.43. The van der Waals surface area contributed by atoms with Crippen LogP contribution in [0.1, 0.15) is 52.0 Å². The van der Waals surface area contributed by atoms with E-state index in [2.05, 4.69) is 45.9 Å². The lowest BCUT2D eigenvalue weighted by atomic mass is 9.76. The third kappa shape index (κ3) is 2.79. The minimum Gasteiger partial charge on any atom is -0.400 e. The Balaban J connectivity index is 1.71. The highest BCUT2D eigenvalue weighted by Gasteiger charge is 2.52. The molecule has 4 heteroatoms. The van der Waals surface area contributed by atoms with Crippen molar-refractivity contribution in [2.45, 2.75) is 57.7 Å². The molecule has 1 heterocycles. The molecular weight excluding hydrogens is 282 g/mol. The van der Waals surface area contributed by atoms with Crippen molar-refractivity contribution in [1.82, 2.24) is 0 Å². The van der Waals surface area contributed by atoms with Gasteiger partial charge in [-0.15, -0.1) is 0 Å². The van der Waals surface area contributed by atoms with E-state index in [1.165, 1.54) is 11.0 Å². The van der Waals surface area contributed by atoms with Crippen LogP contribution in [0.5, 0.6) is 0 Å². The van der Waals surface area contributed by atoms with Crippen molar-refractivity contribution in [1.29, 1.82) is 0 Å². The Morgan fingerprint density at radius 2 is 1.81 bits per heavy atom. The maximum absolute atomic E-state index is 6.14. The second kappa shape index (κ2) is 5.15. The fraction of sp³-hybridized carbons (Fsp3) is 0.529. The van der Waals surface area contributed by atoms with Gasteiger partial charge in [-0.25, -0.2) is 0 Å². The molecule has 0 saturated carbocycles. The van der Waals surface area contributed by atoms with Gasteiger partial charge in [0.25, 0.3) is 0 Å². The molecule has 0 aromatic heterocycles. The first kappa shape index (κ1) is 15.1. The Labute approximate surface area is 132 Å². The molecule has 112 valence electrons. The molecule has 1 fully saturated rings. The van der Waals surface area contributed by atoms with Crippen molar-refractivity contribution in [3.63, 3.8) is 0 Å². The standard InChI is InChI=1S/C17H22BClO2/c1-16(2)17(3,4)21-18(20-16)14-9-8-13(10-14)12-6-5-7-15(19)11-12/h5-7,9,11,13H,8,10H2,1-4H3. The van der Waals surface area contributed by atoms with Crippen molar-refractivity contribution in [3.05, 3.63) is 46.4 Å². The van der Waals surface area contributed by atoms with Gasteiger partial charge in [0, 0.05) is 5.02 Å². The number of rotatable bonds is 2.